The average Bonchev–Trinajstić information content (AvgIpc) is 3.06. The van der Waals surface area contributed by atoms with Crippen molar-refractivity contribution in [3.8, 4) is 11.1 Å². The van der Waals surface area contributed by atoms with Crippen molar-refractivity contribution in [2.45, 2.75) is 13.3 Å². The Hall–Kier alpha value is -1.92. The fourth-order valence-corrected chi connectivity index (χ4v) is 3.54. The van der Waals surface area contributed by atoms with Crippen LogP contribution >= 0.6 is 22.9 Å². The smallest absolute Gasteiger partial charge is 0.147 e. The number of nitrogen functional groups attached to an aromatic ring is 1. The van der Waals surface area contributed by atoms with Gasteiger partial charge in [0.05, 0.1) is 16.3 Å². The van der Waals surface area contributed by atoms with E-state index in [1.165, 1.54) is 11.5 Å². The number of benzene rings is 1. The molecule has 2 aromatic heterocycles. The van der Waals surface area contributed by atoms with E-state index in [4.69, 9.17) is 5.73 Å². The second-order valence-corrected chi connectivity index (χ2v) is 6.51. The Labute approximate surface area is 131 Å². The van der Waals surface area contributed by atoms with Crippen molar-refractivity contribution >= 4 is 33.7 Å². The summed E-state index contributed by atoms with van der Waals surface area (Å²) in [7, 11) is 0. The lowest BCUT2D eigenvalue weighted by Crippen LogP contribution is -2.05. The number of aromatic nitrogens is 2. The highest BCUT2D eigenvalue weighted by molar-refractivity contribution is 7.11. The van der Waals surface area contributed by atoms with Crippen LogP contribution in [-0.4, -0.2) is 15.9 Å². The monoisotopic (exact) mass is 316 g/mol. The normalized spacial score (nSPS) is 10.7. The molecule has 108 valence electrons. The summed E-state index contributed by atoms with van der Waals surface area (Å²) < 4.78 is 4.27. The van der Waals surface area contributed by atoms with Crippen LogP contribution in [0.2, 0.25) is 0 Å². The lowest BCUT2D eigenvalue weighted by Gasteiger charge is -2.06. The van der Waals surface area contributed by atoms with E-state index in [2.05, 4.69) is 32.2 Å². The van der Waals surface area contributed by atoms with E-state index in [1.807, 2.05) is 25.1 Å². The van der Waals surface area contributed by atoms with Crippen LogP contribution in [0.15, 0.2) is 35.7 Å². The molecule has 0 aliphatic carbocycles. The van der Waals surface area contributed by atoms with Crippen molar-refractivity contribution in [1.82, 2.24) is 9.36 Å². The van der Waals surface area contributed by atoms with Gasteiger partial charge in [0.25, 0.3) is 0 Å². The number of nitrogens with one attached hydrogen (secondary N) is 1. The molecule has 3 aromatic rings. The molecule has 0 aliphatic rings. The zero-order valence-corrected chi connectivity index (χ0v) is 13.3. The standard InChI is InChI=1S/C15H16N4S2/c1-10-18-12(9-20-10)7-8-17-15-13(14(16)19-21-15)11-5-3-2-4-6-11/h2-6,9,17H,7-8H2,1H3,(H2,16,19). The summed E-state index contributed by atoms with van der Waals surface area (Å²) in [5, 5.41) is 7.67. The molecular weight excluding hydrogens is 300 g/mol. The van der Waals surface area contributed by atoms with Gasteiger partial charge in [-0.25, -0.2) is 4.98 Å². The second kappa shape index (κ2) is 6.24. The fraction of sp³-hybridized carbons (Fsp3) is 0.200. The summed E-state index contributed by atoms with van der Waals surface area (Å²) >= 11 is 3.09. The van der Waals surface area contributed by atoms with Crippen molar-refractivity contribution in [2.75, 3.05) is 17.6 Å². The molecule has 0 spiro atoms. The number of hydrogen-bond donors (Lipinski definition) is 2. The first-order chi connectivity index (χ1) is 10.2. The Balaban J connectivity index is 1.72. The average molecular weight is 316 g/mol. The minimum absolute atomic E-state index is 0.582. The van der Waals surface area contributed by atoms with Crippen LogP contribution in [0.1, 0.15) is 10.7 Å². The summed E-state index contributed by atoms with van der Waals surface area (Å²) in [6.45, 7) is 2.85. The number of hydrogen-bond acceptors (Lipinski definition) is 6. The van der Waals surface area contributed by atoms with Gasteiger partial charge in [-0.3, -0.25) is 0 Å². The lowest BCUT2D eigenvalue weighted by molar-refractivity contribution is 0.972. The third kappa shape index (κ3) is 3.22. The molecule has 0 saturated heterocycles. The molecule has 0 saturated carbocycles. The molecule has 0 bridgehead atoms. The van der Waals surface area contributed by atoms with E-state index in [0.717, 1.165) is 39.8 Å². The molecule has 3 N–H and O–H groups in total. The number of nitrogens with two attached hydrogens (primary N) is 1. The van der Waals surface area contributed by atoms with Gasteiger partial charge in [-0.2, -0.15) is 4.37 Å². The number of thiazole rings is 1. The third-order valence-corrected chi connectivity index (χ3v) is 4.76. The maximum absolute atomic E-state index is 6.01. The Bertz CT molecular complexity index is 718. The lowest BCUT2D eigenvalue weighted by atomic mass is 10.1. The summed E-state index contributed by atoms with van der Waals surface area (Å²) in [6, 6.07) is 10.1. The summed E-state index contributed by atoms with van der Waals surface area (Å²) in [5.74, 6) is 0.582. The third-order valence-electron chi connectivity index (χ3n) is 3.11. The second-order valence-electron chi connectivity index (χ2n) is 4.67. The maximum Gasteiger partial charge on any atom is 0.147 e. The SMILES string of the molecule is Cc1nc(CCNc2snc(N)c2-c2ccccc2)cs1. The topological polar surface area (TPSA) is 63.8 Å². The molecule has 0 radical (unpaired) electrons. The van der Waals surface area contributed by atoms with E-state index in [9.17, 15) is 0 Å². The minimum atomic E-state index is 0.582. The van der Waals surface area contributed by atoms with Crippen molar-refractivity contribution in [3.05, 3.63) is 46.4 Å². The van der Waals surface area contributed by atoms with E-state index < -0.39 is 0 Å². The van der Waals surface area contributed by atoms with Gasteiger partial charge in [0.1, 0.15) is 10.8 Å². The number of aryl methyl sites for hydroxylation is 1. The van der Waals surface area contributed by atoms with Crippen LogP contribution in [-0.2, 0) is 6.42 Å². The van der Waals surface area contributed by atoms with Crippen LogP contribution in [0.3, 0.4) is 0 Å². The first-order valence-electron chi connectivity index (χ1n) is 6.69. The molecule has 0 aliphatic heterocycles. The van der Waals surface area contributed by atoms with E-state index in [-0.39, 0.29) is 0 Å². The molecular formula is C15H16N4S2. The Morgan fingerprint density at radius 3 is 2.76 bits per heavy atom. The Morgan fingerprint density at radius 1 is 1.24 bits per heavy atom. The highest BCUT2D eigenvalue weighted by atomic mass is 32.1. The molecule has 3 rings (SSSR count). The van der Waals surface area contributed by atoms with E-state index >= 15 is 0 Å². The largest absolute Gasteiger partial charge is 0.382 e. The summed E-state index contributed by atoms with van der Waals surface area (Å²) in [6.07, 6.45) is 0.899. The van der Waals surface area contributed by atoms with Gasteiger partial charge in [-0.15, -0.1) is 11.3 Å². The van der Waals surface area contributed by atoms with Crippen molar-refractivity contribution in [2.24, 2.45) is 0 Å². The number of anilines is 2. The Morgan fingerprint density at radius 2 is 2.05 bits per heavy atom. The number of nitrogens with zero attached hydrogens (tertiary/aromatic N) is 2. The molecule has 0 fully saturated rings. The molecule has 6 heteroatoms. The van der Waals surface area contributed by atoms with Crippen LogP contribution in [0.25, 0.3) is 11.1 Å². The molecule has 2 heterocycles. The quantitative estimate of drug-likeness (QED) is 0.751. The number of rotatable bonds is 5. The predicted octanol–water partition coefficient (Wildman–Crippen LogP) is 3.81. The van der Waals surface area contributed by atoms with Gasteiger partial charge in [-0.05, 0) is 24.0 Å². The van der Waals surface area contributed by atoms with Crippen molar-refractivity contribution in [3.63, 3.8) is 0 Å². The Kier molecular flexibility index (Phi) is 4.17. The van der Waals surface area contributed by atoms with Crippen molar-refractivity contribution < 1.29 is 0 Å². The molecule has 0 atom stereocenters. The summed E-state index contributed by atoms with van der Waals surface area (Å²) in [4.78, 5) is 4.47. The zero-order valence-electron chi connectivity index (χ0n) is 11.7. The van der Waals surface area contributed by atoms with Gasteiger partial charge in [0, 0.05) is 18.3 Å². The van der Waals surface area contributed by atoms with Gasteiger partial charge in [0.15, 0.2) is 0 Å². The molecule has 4 nitrogen and oxygen atoms in total. The zero-order chi connectivity index (χ0) is 14.7. The van der Waals surface area contributed by atoms with Gasteiger partial charge >= 0.3 is 0 Å². The van der Waals surface area contributed by atoms with Crippen LogP contribution in [0.4, 0.5) is 10.8 Å². The van der Waals surface area contributed by atoms with Crippen molar-refractivity contribution in [1.29, 1.82) is 0 Å². The molecule has 0 unspecified atom stereocenters. The molecule has 1 aromatic carbocycles. The van der Waals surface area contributed by atoms with E-state index in [0.29, 0.717) is 5.82 Å². The highest BCUT2D eigenvalue weighted by Crippen LogP contribution is 2.36. The van der Waals surface area contributed by atoms with Gasteiger partial charge in [0.2, 0.25) is 0 Å². The van der Waals surface area contributed by atoms with Crippen LogP contribution in [0, 0.1) is 6.92 Å². The first kappa shape index (κ1) is 14.0. The predicted molar refractivity (Wildman–Crippen MR) is 91.0 cm³/mol. The molecule has 0 amide bonds. The fourth-order valence-electron chi connectivity index (χ4n) is 2.13. The minimum Gasteiger partial charge on any atom is -0.382 e. The van der Waals surface area contributed by atoms with E-state index in [1.54, 1.807) is 11.3 Å². The van der Waals surface area contributed by atoms with Gasteiger partial charge in [-0.1, -0.05) is 30.3 Å². The van der Waals surface area contributed by atoms with Gasteiger partial charge < -0.3 is 11.1 Å². The first-order valence-corrected chi connectivity index (χ1v) is 8.35. The summed E-state index contributed by atoms with van der Waals surface area (Å²) in [5.41, 5.74) is 9.23. The highest BCUT2D eigenvalue weighted by Gasteiger charge is 2.13. The molecule has 21 heavy (non-hydrogen) atoms. The van der Waals surface area contributed by atoms with Crippen LogP contribution < -0.4 is 11.1 Å². The maximum atomic E-state index is 6.01. The van der Waals surface area contributed by atoms with Crippen LogP contribution in [0.5, 0.6) is 0 Å².